The summed E-state index contributed by atoms with van der Waals surface area (Å²) in [5.74, 6) is 0. The average Bonchev–Trinajstić information content (AvgIpc) is 2.39. The van der Waals surface area contributed by atoms with E-state index in [0.717, 1.165) is 43.8 Å². The van der Waals surface area contributed by atoms with Crippen LogP contribution in [0, 0.1) is 0 Å². The molecule has 0 bridgehead atoms. The highest BCUT2D eigenvalue weighted by atomic mass is 16.5. The van der Waals surface area contributed by atoms with Gasteiger partial charge in [-0.1, -0.05) is 0 Å². The largest absolute Gasteiger partial charge is 0.392 e. The lowest BCUT2D eigenvalue weighted by Gasteiger charge is -2.35. The van der Waals surface area contributed by atoms with Crippen molar-refractivity contribution in [1.29, 1.82) is 0 Å². The summed E-state index contributed by atoms with van der Waals surface area (Å²) >= 11 is 0. The Bertz CT molecular complexity index is 355. The fourth-order valence-corrected chi connectivity index (χ4v) is 2.38. The Hall–Kier alpha value is -1.13. The summed E-state index contributed by atoms with van der Waals surface area (Å²) in [6.45, 7) is 4.77. The number of aromatic nitrogens is 1. The average molecular weight is 236 g/mol. The predicted molar refractivity (Wildman–Crippen MR) is 67.0 cm³/mol. The van der Waals surface area contributed by atoms with Crippen LogP contribution >= 0.6 is 0 Å². The number of hydrogen-bond donors (Lipinski definition) is 1. The highest BCUT2D eigenvalue weighted by Gasteiger charge is 2.21. The van der Waals surface area contributed by atoms with Crippen LogP contribution in [0.5, 0.6) is 0 Å². The van der Waals surface area contributed by atoms with E-state index in [0.29, 0.717) is 6.10 Å². The normalized spacial score (nSPS) is 20.6. The van der Waals surface area contributed by atoms with Crippen molar-refractivity contribution in [1.82, 2.24) is 4.98 Å². The minimum Gasteiger partial charge on any atom is -0.392 e. The van der Waals surface area contributed by atoms with Crippen molar-refractivity contribution in [3.8, 4) is 0 Å². The molecule has 0 radical (unpaired) electrons. The lowest BCUT2D eigenvalue weighted by atomic mass is 10.1. The smallest absolute Gasteiger partial charge is 0.0750 e. The maximum Gasteiger partial charge on any atom is 0.0750 e. The molecule has 1 aliphatic heterocycles. The van der Waals surface area contributed by atoms with E-state index < -0.39 is 0 Å². The van der Waals surface area contributed by atoms with Gasteiger partial charge in [0.05, 0.1) is 12.7 Å². The molecule has 2 heterocycles. The van der Waals surface area contributed by atoms with Gasteiger partial charge in [0, 0.05) is 43.3 Å². The Labute approximate surface area is 102 Å². The van der Waals surface area contributed by atoms with Crippen molar-refractivity contribution >= 4 is 5.69 Å². The lowest BCUT2D eigenvalue weighted by molar-refractivity contribution is 0.0526. The lowest BCUT2D eigenvalue weighted by Crippen LogP contribution is -2.40. The SMILES string of the molecule is CCOC1CCCN(c2ccncc2CO)C1. The molecular weight excluding hydrogens is 216 g/mol. The topological polar surface area (TPSA) is 45.6 Å². The summed E-state index contributed by atoms with van der Waals surface area (Å²) in [4.78, 5) is 6.34. The molecule has 1 unspecified atom stereocenters. The number of rotatable bonds is 4. The van der Waals surface area contributed by atoms with Gasteiger partial charge in [0.25, 0.3) is 0 Å². The molecule has 1 fully saturated rings. The molecule has 0 aliphatic carbocycles. The summed E-state index contributed by atoms with van der Waals surface area (Å²) < 4.78 is 5.69. The third-order valence-corrected chi connectivity index (χ3v) is 3.17. The van der Waals surface area contributed by atoms with E-state index in [2.05, 4.69) is 9.88 Å². The summed E-state index contributed by atoms with van der Waals surface area (Å²) in [6.07, 6.45) is 6.09. The monoisotopic (exact) mass is 236 g/mol. The van der Waals surface area contributed by atoms with Crippen molar-refractivity contribution in [2.75, 3.05) is 24.6 Å². The van der Waals surface area contributed by atoms with E-state index in [1.165, 1.54) is 0 Å². The number of pyridine rings is 1. The van der Waals surface area contributed by atoms with Crippen LogP contribution in [0.2, 0.25) is 0 Å². The molecule has 4 heteroatoms. The van der Waals surface area contributed by atoms with Gasteiger partial charge >= 0.3 is 0 Å². The van der Waals surface area contributed by atoms with Crippen LogP contribution in [-0.2, 0) is 11.3 Å². The van der Waals surface area contributed by atoms with E-state index >= 15 is 0 Å². The zero-order valence-electron chi connectivity index (χ0n) is 10.3. The van der Waals surface area contributed by atoms with E-state index in [1.54, 1.807) is 12.4 Å². The first-order valence-electron chi connectivity index (χ1n) is 6.25. The second kappa shape index (κ2) is 5.98. The number of nitrogens with zero attached hydrogens (tertiary/aromatic N) is 2. The van der Waals surface area contributed by atoms with Gasteiger partial charge in [0.15, 0.2) is 0 Å². The van der Waals surface area contributed by atoms with Crippen molar-refractivity contribution in [2.45, 2.75) is 32.5 Å². The molecule has 1 saturated heterocycles. The third-order valence-electron chi connectivity index (χ3n) is 3.17. The Morgan fingerprint density at radius 1 is 1.59 bits per heavy atom. The quantitative estimate of drug-likeness (QED) is 0.862. The van der Waals surface area contributed by atoms with Gasteiger partial charge in [-0.3, -0.25) is 4.98 Å². The molecule has 2 rings (SSSR count). The predicted octanol–water partition coefficient (Wildman–Crippen LogP) is 1.58. The van der Waals surface area contributed by atoms with Crippen LogP contribution in [-0.4, -0.2) is 35.9 Å². The molecule has 1 aromatic heterocycles. The van der Waals surface area contributed by atoms with E-state index in [1.807, 2.05) is 13.0 Å². The first-order valence-corrected chi connectivity index (χ1v) is 6.25. The van der Waals surface area contributed by atoms with Gasteiger partial charge in [-0.05, 0) is 25.8 Å². The molecule has 4 nitrogen and oxygen atoms in total. The van der Waals surface area contributed by atoms with Gasteiger partial charge in [-0.25, -0.2) is 0 Å². The van der Waals surface area contributed by atoms with Crippen LogP contribution in [0.3, 0.4) is 0 Å². The molecule has 1 atom stereocenters. The molecule has 0 spiro atoms. The van der Waals surface area contributed by atoms with Gasteiger partial charge in [-0.2, -0.15) is 0 Å². The van der Waals surface area contributed by atoms with Crippen LogP contribution in [0.1, 0.15) is 25.3 Å². The van der Waals surface area contributed by atoms with Gasteiger partial charge in [-0.15, -0.1) is 0 Å². The highest BCUT2D eigenvalue weighted by Crippen LogP contribution is 2.24. The van der Waals surface area contributed by atoms with Crippen molar-refractivity contribution in [3.05, 3.63) is 24.0 Å². The number of aliphatic hydroxyl groups excluding tert-OH is 1. The first kappa shape index (κ1) is 12.3. The van der Waals surface area contributed by atoms with E-state index in [-0.39, 0.29) is 6.61 Å². The van der Waals surface area contributed by atoms with Crippen LogP contribution in [0.25, 0.3) is 0 Å². The second-order valence-electron chi connectivity index (χ2n) is 4.33. The highest BCUT2D eigenvalue weighted by molar-refractivity contribution is 5.52. The minimum absolute atomic E-state index is 0.0406. The molecule has 0 saturated carbocycles. The molecule has 1 aromatic rings. The fraction of sp³-hybridized carbons (Fsp3) is 0.615. The first-order chi connectivity index (χ1) is 8.35. The number of hydrogen-bond acceptors (Lipinski definition) is 4. The summed E-state index contributed by atoms with van der Waals surface area (Å²) in [5.41, 5.74) is 1.98. The van der Waals surface area contributed by atoms with Crippen LogP contribution in [0.15, 0.2) is 18.5 Å². The second-order valence-corrected chi connectivity index (χ2v) is 4.33. The summed E-state index contributed by atoms with van der Waals surface area (Å²) in [5, 5.41) is 9.32. The van der Waals surface area contributed by atoms with Gasteiger partial charge < -0.3 is 14.7 Å². The third kappa shape index (κ3) is 2.96. The molecular formula is C13H20N2O2. The van der Waals surface area contributed by atoms with Crippen LogP contribution in [0.4, 0.5) is 5.69 Å². The van der Waals surface area contributed by atoms with Gasteiger partial charge in [0.2, 0.25) is 0 Å². The Kier molecular flexibility index (Phi) is 4.34. The molecule has 94 valence electrons. The van der Waals surface area contributed by atoms with Crippen molar-refractivity contribution in [3.63, 3.8) is 0 Å². The molecule has 17 heavy (non-hydrogen) atoms. The number of ether oxygens (including phenoxy) is 1. The van der Waals surface area contributed by atoms with E-state index in [4.69, 9.17) is 4.74 Å². The minimum atomic E-state index is 0.0406. The maximum atomic E-state index is 9.32. The van der Waals surface area contributed by atoms with Crippen molar-refractivity contribution < 1.29 is 9.84 Å². The van der Waals surface area contributed by atoms with Gasteiger partial charge in [0.1, 0.15) is 0 Å². The number of aliphatic hydroxyl groups is 1. The standard InChI is InChI=1S/C13H20N2O2/c1-2-17-12-4-3-7-15(9-12)13-5-6-14-8-11(13)10-16/h5-6,8,12,16H,2-4,7,9-10H2,1H3. The molecule has 0 aromatic carbocycles. The summed E-state index contributed by atoms with van der Waals surface area (Å²) in [6, 6.07) is 1.97. The van der Waals surface area contributed by atoms with Crippen molar-refractivity contribution in [2.24, 2.45) is 0 Å². The van der Waals surface area contributed by atoms with Crippen LogP contribution < -0.4 is 4.90 Å². The molecule has 1 aliphatic rings. The number of piperidine rings is 1. The Morgan fingerprint density at radius 2 is 2.47 bits per heavy atom. The number of anilines is 1. The van der Waals surface area contributed by atoms with E-state index in [9.17, 15) is 5.11 Å². The zero-order valence-corrected chi connectivity index (χ0v) is 10.3. The fourth-order valence-electron chi connectivity index (χ4n) is 2.38. The Balaban J connectivity index is 2.10. The zero-order chi connectivity index (χ0) is 12.1. The summed E-state index contributed by atoms with van der Waals surface area (Å²) in [7, 11) is 0. The maximum absolute atomic E-state index is 9.32. The Morgan fingerprint density at radius 3 is 3.24 bits per heavy atom. The molecule has 1 N–H and O–H groups in total. The molecule has 0 amide bonds.